The van der Waals surface area contributed by atoms with Gasteiger partial charge in [-0.05, 0) is 57.1 Å². The molecule has 1 heterocycles. The van der Waals surface area contributed by atoms with Gasteiger partial charge in [-0.1, -0.05) is 12.8 Å². The van der Waals surface area contributed by atoms with E-state index in [1.54, 1.807) is 6.26 Å². The van der Waals surface area contributed by atoms with Crippen molar-refractivity contribution < 1.29 is 4.42 Å². The van der Waals surface area contributed by atoms with Crippen molar-refractivity contribution in [2.75, 3.05) is 6.54 Å². The lowest BCUT2D eigenvalue weighted by Gasteiger charge is -2.33. The second-order valence-electron chi connectivity index (χ2n) is 6.62. The molecule has 0 atom stereocenters. The highest BCUT2D eigenvalue weighted by atomic mass is 16.3. The fourth-order valence-electron chi connectivity index (χ4n) is 2.82. The van der Waals surface area contributed by atoms with E-state index in [-0.39, 0.29) is 5.54 Å². The maximum Gasteiger partial charge on any atom is 0.0934 e. The molecule has 0 radical (unpaired) electrons. The maximum atomic E-state index is 5.19. The summed E-state index contributed by atoms with van der Waals surface area (Å²) in [5, 5.41) is 3.69. The molecular weight excluding hydrogens is 210 g/mol. The summed E-state index contributed by atoms with van der Waals surface area (Å²) in [6.45, 7) is 7.86. The van der Waals surface area contributed by atoms with Gasteiger partial charge in [0, 0.05) is 12.1 Å². The minimum atomic E-state index is 0.214. The first-order chi connectivity index (χ1) is 7.99. The smallest absolute Gasteiger partial charge is 0.0934 e. The summed E-state index contributed by atoms with van der Waals surface area (Å²) in [5.41, 5.74) is 2.02. The van der Waals surface area contributed by atoms with Crippen LogP contribution in [0.5, 0.6) is 0 Å². The van der Waals surface area contributed by atoms with Gasteiger partial charge in [0.1, 0.15) is 0 Å². The van der Waals surface area contributed by atoms with Gasteiger partial charge in [0.2, 0.25) is 0 Å². The molecule has 0 bridgehead atoms. The standard InChI is InChI=1S/C15H25NO/c1-14(2,3)16-12-15(7-4-5-8-15)10-13-6-9-17-11-13/h6,9,11,16H,4-5,7-8,10,12H2,1-3H3. The summed E-state index contributed by atoms with van der Waals surface area (Å²) >= 11 is 0. The highest BCUT2D eigenvalue weighted by Crippen LogP contribution is 2.40. The summed E-state index contributed by atoms with van der Waals surface area (Å²) in [7, 11) is 0. The molecule has 1 N–H and O–H groups in total. The predicted molar refractivity (Wildman–Crippen MR) is 71.1 cm³/mol. The highest BCUT2D eigenvalue weighted by molar-refractivity contribution is 5.10. The molecule has 1 fully saturated rings. The van der Waals surface area contributed by atoms with Crippen molar-refractivity contribution in [2.24, 2.45) is 5.41 Å². The zero-order valence-corrected chi connectivity index (χ0v) is 11.4. The lowest BCUT2D eigenvalue weighted by atomic mass is 9.80. The van der Waals surface area contributed by atoms with Crippen LogP contribution in [0.25, 0.3) is 0 Å². The molecule has 0 unspecified atom stereocenters. The van der Waals surface area contributed by atoms with Crippen LogP contribution < -0.4 is 5.32 Å². The SMILES string of the molecule is CC(C)(C)NCC1(Cc2ccoc2)CCCC1. The minimum Gasteiger partial charge on any atom is -0.472 e. The monoisotopic (exact) mass is 235 g/mol. The Morgan fingerprint density at radius 1 is 1.29 bits per heavy atom. The molecule has 96 valence electrons. The van der Waals surface area contributed by atoms with Crippen LogP contribution in [0.15, 0.2) is 23.0 Å². The average Bonchev–Trinajstić information content (AvgIpc) is 2.87. The fourth-order valence-corrected chi connectivity index (χ4v) is 2.82. The Bertz CT molecular complexity index is 328. The Labute approximate surface area is 105 Å². The molecule has 0 saturated heterocycles. The lowest BCUT2D eigenvalue weighted by molar-refractivity contribution is 0.244. The first kappa shape index (κ1) is 12.7. The number of nitrogens with one attached hydrogen (secondary N) is 1. The van der Waals surface area contributed by atoms with E-state index < -0.39 is 0 Å². The molecule has 1 aromatic heterocycles. The van der Waals surface area contributed by atoms with E-state index in [2.05, 4.69) is 32.2 Å². The molecule has 2 nitrogen and oxygen atoms in total. The van der Waals surface area contributed by atoms with Gasteiger partial charge in [0.25, 0.3) is 0 Å². The molecular formula is C15H25NO. The third-order valence-corrected chi connectivity index (χ3v) is 3.82. The molecule has 1 aliphatic carbocycles. The summed E-state index contributed by atoms with van der Waals surface area (Å²) in [6.07, 6.45) is 10.3. The zero-order valence-electron chi connectivity index (χ0n) is 11.4. The molecule has 0 aromatic carbocycles. The van der Waals surface area contributed by atoms with Crippen LogP contribution in [-0.2, 0) is 6.42 Å². The van der Waals surface area contributed by atoms with E-state index in [0.717, 1.165) is 13.0 Å². The van der Waals surface area contributed by atoms with E-state index in [1.165, 1.54) is 31.2 Å². The lowest BCUT2D eigenvalue weighted by Crippen LogP contribution is -2.43. The second-order valence-corrected chi connectivity index (χ2v) is 6.62. The fraction of sp³-hybridized carbons (Fsp3) is 0.733. The highest BCUT2D eigenvalue weighted by Gasteiger charge is 2.34. The van der Waals surface area contributed by atoms with Crippen molar-refractivity contribution in [2.45, 2.75) is 58.4 Å². The van der Waals surface area contributed by atoms with Crippen LogP contribution in [0.4, 0.5) is 0 Å². The van der Waals surface area contributed by atoms with Crippen LogP contribution in [0.3, 0.4) is 0 Å². The summed E-state index contributed by atoms with van der Waals surface area (Å²) in [5.74, 6) is 0. The van der Waals surface area contributed by atoms with Gasteiger partial charge < -0.3 is 9.73 Å². The molecule has 1 aliphatic rings. The van der Waals surface area contributed by atoms with Gasteiger partial charge in [-0.25, -0.2) is 0 Å². The Morgan fingerprint density at radius 3 is 2.53 bits per heavy atom. The Morgan fingerprint density at radius 2 is 2.00 bits per heavy atom. The van der Waals surface area contributed by atoms with E-state index in [1.807, 2.05) is 6.26 Å². The summed E-state index contributed by atoms with van der Waals surface area (Å²) in [4.78, 5) is 0. The number of furan rings is 1. The molecule has 1 aromatic rings. The number of hydrogen-bond donors (Lipinski definition) is 1. The van der Waals surface area contributed by atoms with Crippen LogP contribution in [0.1, 0.15) is 52.0 Å². The van der Waals surface area contributed by atoms with Crippen LogP contribution in [0.2, 0.25) is 0 Å². The second kappa shape index (κ2) is 4.85. The van der Waals surface area contributed by atoms with Gasteiger partial charge in [-0.3, -0.25) is 0 Å². The topological polar surface area (TPSA) is 25.2 Å². The number of rotatable bonds is 4. The van der Waals surface area contributed by atoms with Crippen molar-refractivity contribution in [1.82, 2.24) is 5.32 Å². The molecule has 0 aliphatic heterocycles. The minimum absolute atomic E-state index is 0.214. The van der Waals surface area contributed by atoms with Crippen LogP contribution in [0, 0.1) is 5.41 Å². The van der Waals surface area contributed by atoms with Gasteiger partial charge >= 0.3 is 0 Å². The quantitative estimate of drug-likeness (QED) is 0.859. The molecule has 0 spiro atoms. The van der Waals surface area contributed by atoms with Gasteiger partial charge in [-0.2, -0.15) is 0 Å². The number of hydrogen-bond acceptors (Lipinski definition) is 2. The zero-order chi connectivity index (χ0) is 12.4. The Balaban J connectivity index is 1.99. The van der Waals surface area contributed by atoms with E-state index in [0.29, 0.717) is 5.41 Å². The van der Waals surface area contributed by atoms with Crippen molar-refractivity contribution in [1.29, 1.82) is 0 Å². The molecule has 17 heavy (non-hydrogen) atoms. The van der Waals surface area contributed by atoms with Crippen molar-refractivity contribution >= 4 is 0 Å². The van der Waals surface area contributed by atoms with Crippen LogP contribution in [-0.4, -0.2) is 12.1 Å². The first-order valence-corrected chi connectivity index (χ1v) is 6.75. The maximum absolute atomic E-state index is 5.19. The Hall–Kier alpha value is -0.760. The van der Waals surface area contributed by atoms with E-state index in [9.17, 15) is 0 Å². The van der Waals surface area contributed by atoms with Gasteiger partial charge in [0.05, 0.1) is 12.5 Å². The average molecular weight is 235 g/mol. The predicted octanol–water partition coefficient (Wildman–Crippen LogP) is 3.77. The molecule has 2 heteroatoms. The van der Waals surface area contributed by atoms with Crippen molar-refractivity contribution in [3.63, 3.8) is 0 Å². The van der Waals surface area contributed by atoms with Crippen molar-refractivity contribution in [3.8, 4) is 0 Å². The summed E-state index contributed by atoms with van der Waals surface area (Å²) < 4.78 is 5.19. The third kappa shape index (κ3) is 3.60. The largest absolute Gasteiger partial charge is 0.472 e. The van der Waals surface area contributed by atoms with E-state index in [4.69, 9.17) is 4.42 Å². The van der Waals surface area contributed by atoms with Crippen molar-refractivity contribution in [3.05, 3.63) is 24.2 Å². The van der Waals surface area contributed by atoms with E-state index >= 15 is 0 Å². The third-order valence-electron chi connectivity index (χ3n) is 3.82. The molecule has 2 rings (SSSR count). The molecule has 1 saturated carbocycles. The summed E-state index contributed by atoms with van der Waals surface area (Å²) in [6, 6.07) is 2.11. The normalized spacial score (nSPS) is 19.7. The first-order valence-electron chi connectivity index (χ1n) is 6.75. The Kier molecular flexibility index (Phi) is 3.62. The van der Waals surface area contributed by atoms with Gasteiger partial charge in [0.15, 0.2) is 0 Å². The molecule has 0 amide bonds. The van der Waals surface area contributed by atoms with Gasteiger partial charge in [-0.15, -0.1) is 0 Å². The van der Waals surface area contributed by atoms with Crippen LogP contribution >= 0.6 is 0 Å².